The molecule has 0 atom stereocenters. The molecule has 7 nitrogen and oxygen atoms in total. The second-order valence-corrected chi connectivity index (χ2v) is 4.93. The summed E-state index contributed by atoms with van der Waals surface area (Å²) in [5, 5.41) is 4.18. The summed E-state index contributed by atoms with van der Waals surface area (Å²) in [6.07, 6.45) is 5.60. The van der Waals surface area contributed by atoms with E-state index in [1.165, 1.54) is 0 Å². The first kappa shape index (κ1) is 13.0. The summed E-state index contributed by atoms with van der Waals surface area (Å²) < 4.78 is 7.14. The van der Waals surface area contributed by atoms with Crippen molar-refractivity contribution < 1.29 is 4.74 Å². The smallest absolute Gasteiger partial charge is 0.144 e. The summed E-state index contributed by atoms with van der Waals surface area (Å²) in [5.74, 6) is 7.29. The van der Waals surface area contributed by atoms with E-state index in [1.54, 1.807) is 10.9 Å². The number of aromatic nitrogens is 4. The minimum Gasteiger partial charge on any atom is -0.381 e. The fraction of sp³-hybridized carbons (Fsp3) is 0.462. The summed E-state index contributed by atoms with van der Waals surface area (Å²) in [5.41, 5.74) is 4.41. The highest BCUT2D eigenvalue weighted by atomic mass is 16.5. The molecule has 1 aliphatic rings. The number of rotatable bonds is 3. The number of hydrogen-bond acceptors (Lipinski definition) is 6. The van der Waals surface area contributed by atoms with Gasteiger partial charge in [0.05, 0.1) is 11.9 Å². The van der Waals surface area contributed by atoms with Crippen molar-refractivity contribution >= 4 is 5.82 Å². The molecule has 1 fully saturated rings. The third-order valence-corrected chi connectivity index (χ3v) is 3.48. The van der Waals surface area contributed by atoms with E-state index in [0.717, 1.165) is 43.1 Å². The zero-order chi connectivity index (χ0) is 13.9. The Hall–Kier alpha value is -1.99. The molecule has 0 radical (unpaired) electrons. The second kappa shape index (κ2) is 5.56. The van der Waals surface area contributed by atoms with Crippen LogP contribution in [0.4, 0.5) is 5.82 Å². The molecule has 106 valence electrons. The average molecular weight is 274 g/mol. The average Bonchev–Trinajstić information content (AvgIpc) is 2.94. The van der Waals surface area contributed by atoms with Gasteiger partial charge in [-0.2, -0.15) is 5.10 Å². The molecule has 0 amide bonds. The third kappa shape index (κ3) is 2.63. The molecule has 3 rings (SSSR count). The Bertz CT molecular complexity index is 590. The molecular formula is C13H18N6O. The lowest BCUT2D eigenvalue weighted by atomic mass is 9.99. The largest absolute Gasteiger partial charge is 0.381 e. The molecule has 2 aromatic rings. The second-order valence-electron chi connectivity index (χ2n) is 4.93. The van der Waals surface area contributed by atoms with Crippen LogP contribution in [0, 0.1) is 0 Å². The van der Waals surface area contributed by atoms with E-state index in [0.29, 0.717) is 11.7 Å². The number of aryl methyl sites for hydroxylation is 1. The quantitative estimate of drug-likeness (QED) is 0.642. The number of nitrogen functional groups attached to an aromatic ring is 1. The van der Waals surface area contributed by atoms with Crippen LogP contribution in [0.15, 0.2) is 18.5 Å². The standard InChI is InChI=1S/C13H18N6O/c1-19-8-10(7-15-19)11-6-12(18-14)17-13(16-11)9-2-4-20-5-3-9/h6-9H,2-5,14H2,1H3,(H,16,17,18). The van der Waals surface area contributed by atoms with Gasteiger partial charge in [0.2, 0.25) is 0 Å². The molecule has 2 aromatic heterocycles. The van der Waals surface area contributed by atoms with Crippen molar-refractivity contribution in [2.45, 2.75) is 18.8 Å². The summed E-state index contributed by atoms with van der Waals surface area (Å²) in [6, 6.07) is 1.83. The molecule has 20 heavy (non-hydrogen) atoms. The number of anilines is 1. The Morgan fingerprint density at radius 3 is 2.80 bits per heavy atom. The summed E-state index contributed by atoms with van der Waals surface area (Å²) in [7, 11) is 1.88. The summed E-state index contributed by atoms with van der Waals surface area (Å²) in [4.78, 5) is 9.15. The first-order valence-electron chi connectivity index (χ1n) is 6.68. The van der Waals surface area contributed by atoms with Crippen LogP contribution < -0.4 is 11.3 Å². The zero-order valence-electron chi connectivity index (χ0n) is 11.4. The Kier molecular flexibility index (Phi) is 3.62. The highest BCUT2D eigenvalue weighted by molar-refractivity contribution is 5.60. The monoisotopic (exact) mass is 274 g/mol. The van der Waals surface area contributed by atoms with Crippen LogP contribution >= 0.6 is 0 Å². The van der Waals surface area contributed by atoms with E-state index >= 15 is 0 Å². The van der Waals surface area contributed by atoms with Crippen LogP contribution in [0.2, 0.25) is 0 Å². The van der Waals surface area contributed by atoms with Crippen LogP contribution in [0.3, 0.4) is 0 Å². The van der Waals surface area contributed by atoms with Crippen LogP contribution in [-0.2, 0) is 11.8 Å². The van der Waals surface area contributed by atoms with Crippen molar-refractivity contribution in [1.82, 2.24) is 19.7 Å². The Morgan fingerprint density at radius 2 is 2.15 bits per heavy atom. The molecule has 1 aliphatic heterocycles. The van der Waals surface area contributed by atoms with Crippen LogP contribution in [0.1, 0.15) is 24.6 Å². The minimum absolute atomic E-state index is 0.326. The number of hydrazine groups is 1. The lowest BCUT2D eigenvalue weighted by molar-refractivity contribution is 0.0836. The molecule has 0 unspecified atom stereocenters. The molecular weight excluding hydrogens is 256 g/mol. The van der Waals surface area contributed by atoms with E-state index in [2.05, 4.69) is 20.5 Å². The van der Waals surface area contributed by atoms with Gasteiger partial charge in [0.15, 0.2) is 0 Å². The molecule has 3 heterocycles. The van der Waals surface area contributed by atoms with Gasteiger partial charge in [-0.3, -0.25) is 4.68 Å². The summed E-state index contributed by atoms with van der Waals surface area (Å²) >= 11 is 0. The Morgan fingerprint density at radius 1 is 1.35 bits per heavy atom. The SMILES string of the molecule is Cn1cc(-c2cc(NN)nc(C3CCOCC3)n2)cn1. The van der Waals surface area contributed by atoms with Crippen LogP contribution in [-0.4, -0.2) is 33.0 Å². The molecule has 3 N–H and O–H groups in total. The predicted octanol–water partition coefficient (Wildman–Crippen LogP) is 1.06. The fourth-order valence-corrected chi connectivity index (χ4v) is 2.38. The number of nitrogens with one attached hydrogen (secondary N) is 1. The molecule has 0 bridgehead atoms. The maximum absolute atomic E-state index is 5.51. The predicted molar refractivity (Wildman–Crippen MR) is 74.8 cm³/mol. The first-order valence-corrected chi connectivity index (χ1v) is 6.68. The molecule has 1 saturated heterocycles. The highest BCUT2D eigenvalue weighted by Crippen LogP contribution is 2.27. The van der Waals surface area contributed by atoms with Crippen LogP contribution in [0.25, 0.3) is 11.3 Å². The van der Waals surface area contributed by atoms with Crippen molar-refractivity contribution in [1.29, 1.82) is 0 Å². The van der Waals surface area contributed by atoms with Gasteiger partial charge in [-0.25, -0.2) is 15.8 Å². The number of hydrogen-bond donors (Lipinski definition) is 2. The Balaban J connectivity index is 1.97. The number of nitrogens with two attached hydrogens (primary N) is 1. The highest BCUT2D eigenvalue weighted by Gasteiger charge is 2.20. The molecule has 0 spiro atoms. The van der Waals surface area contributed by atoms with Gasteiger partial charge in [0.25, 0.3) is 0 Å². The van der Waals surface area contributed by atoms with Crippen molar-refractivity contribution in [3.05, 3.63) is 24.3 Å². The molecule has 0 aromatic carbocycles. The van der Waals surface area contributed by atoms with E-state index in [9.17, 15) is 0 Å². The van der Waals surface area contributed by atoms with Gasteiger partial charge in [-0.1, -0.05) is 0 Å². The van der Waals surface area contributed by atoms with Crippen molar-refractivity contribution in [3.63, 3.8) is 0 Å². The first-order chi connectivity index (χ1) is 9.76. The van der Waals surface area contributed by atoms with E-state index in [4.69, 9.17) is 10.6 Å². The summed E-state index contributed by atoms with van der Waals surface area (Å²) in [6.45, 7) is 1.52. The normalized spacial score (nSPS) is 16.3. The van der Waals surface area contributed by atoms with Gasteiger partial charge in [0, 0.05) is 44.0 Å². The van der Waals surface area contributed by atoms with Gasteiger partial charge in [-0.05, 0) is 12.8 Å². The third-order valence-electron chi connectivity index (χ3n) is 3.48. The number of nitrogens with zero attached hydrogens (tertiary/aromatic N) is 4. The van der Waals surface area contributed by atoms with E-state index < -0.39 is 0 Å². The number of ether oxygens (including phenoxy) is 1. The van der Waals surface area contributed by atoms with E-state index in [-0.39, 0.29) is 0 Å². The van der Waals surface area contributed by atoms with Crippen molar-refractivity contribution in [2.75, 3.05) is 18.6 Å². The van der Waals surface area contributed by atoms with Crippen LogP contribution in [0.5, 0.6) is 0 Å². The topological polar surface area (TPSA) is 90.9 Å². The van der Waals surface area contributed by atoms with E-state index in [1.807, 2.05) is 19.3 Å². The maximum Gasteiger partial charge on any atom is 0.144 e. The van der Waals surface area contributed by atoms with Gasteiger partial charge >= 0.3 is 0 Å². The van der Waals surface area contributed by atoms with Gasteiger partial charge in [-0.15, -0.1) is 0 Å². The zero-order valence-corrected chi connectivity index (χ0v) is 11.4. The van der Waals surface area contributed by atoms with Crippen molar-refractivity contribution in [2.24, 2.45) is 12.9 Å². The van der Waals surface area contributed by atoms with Crippen molar-refractivity contribution in [3.8, 4) is 11.3 Å². The molecule has 7 heteroatoms. The van der Waals surface area contributed by atoms with Gasteiger partial charge < -0.3 is 10.2 Å². The molecule has 0 aliphatic carbocycles. The maximum atomic E-state index is 5.51. The lowest BCUT2D eigenvalue weighted by Crippen LogP contribution is -2.18. The minimum atomic E-state index is 0.326. The fourth-order valence-electron chi connectivity index (χ4n) is 2.38. The Labute approximate surface area is 117 Å². The lowest BCUT2D eigenvalue weighted by Gasteiger charge is -2.21. The van der Waals surface area contributed by atoms with Gasteiger partial charge in [0.1, 0.15) is 11.6 Å². The molecule has 0 saturated carbocycles.